The molecule has 2 saturated heterocycles. The molecule has 0 aromatic carbocycles. The van der Waals surface area contributed by atoms with Crippen molar-refractivity contribution in [2.45, 2.75) is 56.6 Å². The zero-order valence-electron chi connectivity index (χ0n) is 20.0. The van der Waals surface area contributed by atoms with Crippen LogP contribution >= 0.6 is 6.72 Å². The molecule has 0 spiro atoms. The molecular weight excluding hydrogens is 545 g/mol. The molecule has 6 N–H and O–H groups in total. The van der Waals surface area contributed by atoms with Gasteiger partial charge in [0.1, 0.15) is 36.5 Å². The molecule has 1 unspecified atom stereocenters. The molecule has 38 heavy (non-hydrogen) atoms. The minimum Gasteiger partial charge on any atom is -0.394 e. The first-order chi connectivity index (χ1) is 18.1. The van der Waals surface area contributed by atoms with E-state index >= 15 is 0 Å². The van der Waals surface area contributed by atoms with Gasteiger partial charge in [-0.2, -0.15) is 0 Å². The largest absolute Gasteiger partial charge is 0.394 e. The summed E-state index contributed by atoms with van der Waals surface area (Å²) in [6.45, 7) is -3.12. The number of nitrogen functional groups attached to an aromatic ring is 1. The van der Waals surface area contributed by atoms with Gasteiger partial charge in [-0.15, -0.1) is 0 Å². The highest BCUT2D eigenvalue weighted by molar-refractivity contribution is 8.07. The second kappa shape index (κ2) is 10.5. The summed E-state index contributed by atoms with van der Waals surface area (Å²) in [5.74, 6) is 0.213. The third kappa shape index (κ3) is 5.29. The van der Waals surface area contributed by atoms with Crippen molar-refractivity contribution in [3.8, 4) is 0 Å². The number of imidazole rings is 1. The first-order valence-electron chi connectivity index (χ1n) is 11.6. The van der Waals surface area contributed by atoms with E-state index in [4.69, 9.17) is 36.1 Å². The van der Waals surface area contributed by atoms with Gasteiger partial charge in [0, 0.05) is 24.6 Å². The number of ether oxygens (including phenoxy) is 2. The third-order valence-electron chi connectivity index (χ3n) is 6.39. The van der Waals surface area contributed by atoms with E-state index in [-0.39, 0.29) is 25.3 Å². The van der Waals surface area contributed by atoms with E-state index in [0.717, 1.165) is 0 Å². The van der Waals surface area contributed by atoms with Gasteiger partial charge in [-0.05, 0) is 18.7 Å². The minimum atomic E-state index is -3.89. The lowest BCUT2D eigenvalue weighted by molar-refractivity contribution is -0.0520. The Morgan fingerprint density at radius 2 is 1.95 bits per heavy atom. The number of H-pyrrole nitrogens is 1. The fourth-order valence-electron chi connectivity index (χ4n) is 4.43. The fourth-order valence-corrected chi connectivity index (χ4v) is 5.91. The number of aliphatic hydroxyl groups is 2. The molecule has 2 aliphatic heterocycles. The Bertz CT molecular complexity index is 1500. The van der Waals surface area contributed by atoms with E-state index in [2.05, 4.69) is 19.9 Å². The lowest BCUT2D eigenvalue weighted by Gasteiger charge is -2.24. The Morgan fingerprint density at radius 3 is 2.71 bits per heavy atom. The van der Waals surface area contributed by atoms with E-state index in [1.165, 1.54) is 30.3 Å². The van der Waals surface area contributed by atoms with Crippen LogP contribution in [-0.2, 0) is 30.3 Å². The molecule has 2 aliphatic rings. The van der Waals surface area contributed by atoms with Crippen LogP contribution < -0.4 is 17.0 Å². The average molecular weight is 572 g/mol. The van der Waals surface area contributed by atoms with Crippen molar-refractivity contribution in [1.29, 1.82) is 0 Å². The number of fused-ring (bicyclic) bond motifs is 1. The smallest absolute Gasteiger partial charge is 0.330 e. The van der Waals surface area contributed by atoms with Crippen LogP contribution in [0.2, 0.25) is 0 Å². The monoisotopic (exact) mass is 571 g/mol. The molecule has 0 amide bonds. The van der Waals surface area contributed by atoms with Gasteiger partial charge < -0.3 is 39.4 Å². The molecule has 0 saturated carbocycles. The lowest BCUT2D eigenvalue weighted by atomic mass is 10.2. The summed E-state index contributed by atoms with van der Waals surface area (Å²) in [4.78, 5) is 49.0. The molecule has 7 atom stereocenters. The highest BCUT2D eigenvalue weighted by Crippen LogP contribution is 2.49. The van der Waals surface area contributed by atoms with Crippen molar-refractivity contribution in [3.05, 3.63) is 45.3 Å². The maximum absolute atomic E-state index is 12.2. The topological polar surface area (TPSA) is 222 Å². The summed E-state index contributed by atoms with van der Waals surface area (Å²) in [5, 5.41) is 20.3. The number of rotatable bonds is 8. The Morgan fingerprint density at radius 1 is 1.21 bits per heavy atom. The Labute approximate surface area is 219 Å². The summed E-state index contributed by atoms with van der Waals surface area (Å²) in [6, 6.07) is 0. The summed E-state index contributed by atoms with van der Waals surface area (Å²) < 4.78 is 25.5. The van der Waals surface area contributed by atoms with Crippen LogP contribution in [0.3, 0.4) is 0 Å². The van der Waals surface area contributed by atoms with Crippen LogP contribution in [0.15, 0.2) is 28.4 Å². The first kappa shape index (κ1) is 27.0. The van der Waals surface area contributed by atoms with Crippen LogP contribution in [-0.4, -0.2) is 81.8 Å². The second-order valence-electron chi connectivity index (χ2n) is 8.95. The number of nitrogens with zero attached hydrogens (tertiary/aromatic N) is 5. The van der Waals surface area contributed by atoms with Crippen molar-refractivity contribution in [1.82, 2.24) is 29.1 Å². The van der Waals surface area contributed by atoms with Crippen LogP contribution in [0.25, 0.3) is 11.2 Å². The van der Waals surface area contributed by atoms with Crippen LogP contribution in [0.1, 0.15) is 30.9 Å². The van der Waals surface area contributed by atoms with E-state index in [1.807, 2.05) is 0 Å². The number of nitrogens with one attached hydrogen (secondary N) is 1. The van der Waals surface area contributed by atoms with Crippen LogP contribution in [0.5, 0.6) is 0 Å². The van der Waals surface area contributed by atoms with Gasteiger partial charge in [0.25, 0.3) is 5.56 Å². The maximum Gasteiger partial charge on any atom is 0.330 e. The lowest BCUT2D eigenvalue weighted by Crippen LogP contribution is -2.33. The van der Waals surface area contributed by atoms with Gasteiger partial charge in [-0.3, -0.25) is 18.9 Å². The van der Waals surface area contributed by atoms with E-state index in [9.17, 15) is 24.7 Å². The van der Waals surface area contributed by atoms with Crippen molar-refractivity contribution in [2.75, 3.05) is 18.9 Å². The van der Waals surface area contributed by atoms with Gasteiger partial charge in [0.2, 0.25) is 0 Å². The van der Waals surface area contributed by atoms with Crippen molar-refractivity contribution >= 4 is 35.5 Å². The van der Waals surface area contributed by atoms with Gasteiger partial charge in [-0.25, -0.2) is 19.7 Å². The summed E-state index contributed by atoms with van der Waals surface area (Å²) in [7, 11) is 0. The number of aryl methyl sites for hydroxylation is 1. The zero-order valence-corrected chi connectivity index (χ0v) is 21.7. The number of anilines is 1. The third-order valence-corrected chi connectivity index (χ3v) is 7.98. The quantitative estimate of drug-likeness (QED) is 0.201. The fraction of sp³-hybridized carbons (Fsp3) is 0.550. The van der Waals surface area contributed by atoms with Gasteiger partial charge in [0.15, 0.2) is 11.5 Å². The molecule has 0 aliphatic carbocycles. The molecular formula is C20H26N7O9PS. The molecule has 5 rings (SSSR count). The number of aliphatic hydroxyl groups excluding tert-OH is 2. The number of aromatic amines is 1. The number of hydrogen-bond acceptors (Lipinski definition) is 13. The van der Waals surface area contributed by atoms with Gasteiger partial charge in [-0.1, -0.05) is 0 Å². The highest BCUT2D eigenvalue weighted by Gasteiger charge is 2.42. The summed E-state index contributed by atoms with van der Waals surface area (Å²) in [6.07, 6.45) is -0.778. The average Bonchev–Trinajstić information content (AvgIpc) is 3.57. The standard InChI is InChI=1S/C20H26N7O9PS/c1-9-4-26(20(31)25-19(9)30)15-3-11(12(5-28)34-15)36-37(32,38)33-6-13-10(29)2-14(35-13)27-8-24-16-17(21)22-7-23-18(16)27/h4,7-8,10-15,28-29H,2-3,5-6H2,1H3,(H,32,38)(H2,21,22,23)(H,25,30,31)/t10-,11-,12+,13+,14+,15+,37?/m0/s1. The zero-order chi connectivity index (χ0) is 27.2. The molecule has 5 heterocycles. The van der Waals surface area contributed by atoms with E-state index in [1.54, 1.807) is 4.57 Å². The number of aromatic nitrogens is 6. The maximum atomic E-state index is 12.2. The van der Waals surface area contributed by atoms with E-state index in [0.29, 0.717) is 16.7 Å². The molecule has 3 aromatic heterocycles. The predicted molar refractivity (Wildman–Crippen MR) is 133 cm³/mol. The minimum absolute atomic E-state index is 0.0439. The van der Waals surface area contributed by atoms with Crippen molar-refractivity contribution in [3.63, 3.8) is 0 Å². The second-order valence-corrected chi connectivity index (χ2v) is 11.7. The van der Waals surface area contributed by atoms with Crippen LogP contribution in [0.4, 0.5) is 5.82 Å². The number of nitrogens with two attached hydrogens (primary N) is 1. The molecule has 18 heteroatoms. The Hall–Kier alpha value is -2.60. The Balaban J connectivity index is 1.22. The van der Waals surface area contributed by atoms with E-state index < -0.39 is 61.4 Å². The summed E-state index contributed by atoms with van der Waals surface area (Å²) in [5.41, 5.74) is 5.75. The Kier molecular flexibility index (Phi) is 7.47. The SMILES string of the molecule is Cc1cn([C@H]2C[C@H](OP(O)(=S)OC[C@H]3O[C@@H](n4cnc5c(N)ncnc54)C[C@@H]3O)[C@@H](CO)O2)c(=O)[nH]c1=O. The molecule has 2 fully saturated rings. The van der Waals surface area contributed by atoms with Crippen LogP contribution in [0, 0.1) is 6.92 Å². The highest BCUT2D eigenvalue weighted by atomic mass is 32.5. The molecule has 206 valence electrons. The predicted octanol–water partition coefficient (Wildman–Crippen LogP) is -1.19. The number of hydrogen-bond donors (Lipinski definition) is 5. The van der Waals surface area contributed by atoms with Crippen molar-refractivity contribution < 1.29 is 33.6 Å². The molecule has 0 radical (unpaired) electrons. The normalized spacial score (nSPS) is 29.2. The molecule has 3 aromatic rings. The summed E-state index contributed by atoms with van der Waals surface area (Å²) >= 11 is 5.15. The van der Waals surface area contributed by atoms with Gasteiger partial charge >= 0.3 is 12.4 Å². The van der Waals surface area contributed by atoms with Gasteiger partial charge in [0.05, 0.1) is 31.7 Å². The van der Waals surface area contributed by atoms with Crippen molar-refractivity contribution in [2.24, 2.45) is 0 Å². The molecule has 0 bridgehead atoms. The first-order valence-corrected chi connectivity index (χ1v) is 14.2. The molecule has 16 nitrogen and oxygen atoms in total.